The first-order chi connectivity index (χ1) is 5.68. The molecule has 1 saturated heterocycles. The van der Waals surface area contributed by atoms with Gasteiger partial charge in [0.2, 0.25) is 5.91 Å². The van der Waals surface area contributed by atoms with Crippen molar-refractivity contribution in [3.8, 4) is 0 Å². The fourth-order valence-corrected chi connectivity index (χ4v) is 1.12. The minimum Gasteiger partial charge on any atom is -0.367 e. The number of amides is 1. The Balaban J connectivity index is 2.13. The Morgan fingerprint density at radius 2 is 2.42 bits per heavy atom. The van der Waals surface area contributed by atoms with Crippen molar-refractivity contribution >= 4 is 5.91 Å². The zero-order valence-electron chi connectivity index (χ0n) is 7.67. The summed E-state index contributed by atoms with van der Waals surface area (Å²) in [6.07, 6.45) is 1.18. The van der Waals surface area contributed by atoms with Crippen LogP contribution < -0.4 is 5.32 Å². The van der Waals surface area contributed by atoms with Crippen LogP contribution in [0.15, 0.2) is 0 Å². The largest absolute Gasteiger partial charge is 0.367 e. The van der Waals surface area contributed by atoms with Crippen molar-refractivity contribution < 1.29 is 9.53 Å². The maximum absolute atomic E-state index is 10.7. The average Bonchev–Trinajstić information content (AvgIpc) is 2.03. The molecule has 1 heterocycles. The summed E-state index contributed by atoms with van der Waals surface area (Å²) in [6.45, 7) is 1.88. The predicted octanol–water partition coefficient (Wildman–Crippen LogP) is -0.547. The van der Waals surface area contributed by atoms with Gasteiger partial charge in [0.05, 0.1) is 6.10 Å². The second-order valence-electron chi connectivity index (χ2n) is 3.33. The summed E-state index contributed by atoms with van der Waals surface area (Å²) in [5, 5.41) is 2.77. The van der Waals surface area contributed by atoms with Gasteiger partial charge in [0.25, 0.3) is 0 Å². The lowest BCUT2D eigenvalue weighted by molar-refractivity contribution is -0.133. The van der Waals surface area contributed by atoms with Crippen molar-refractivity contribution in [3.05, 3.63) is 0 Å². The smallest absolute Gasteiger partial charge is 0.246 e. The minimum absolute atomic E-state index is 0.00361. The van der Waals surface area contributed by atoms with E-state index in [1.165, 1.54) is 0 Å². The Bertz CT molecular complexity index is 149. The molecule has 1 aliphatic heterocycles. The van der Waals surface area contributed by atoms with E-state index in [9.17, 15) is 4.79 Å². The van der Waals surface area contributed by atoms with Crippen LogP contribution in [-0.2, 0) is 9.53 Å². The van der Waals surface area contributed by atoms with Crippen molar-refractivity contribution in [3.63, 3.8) is 0 Å². The van der Waals surface area contributed by atoms with Crippen molar-refractivity contribution in [2.75, 3.05) is 33.8 Å². The molecule has 0 bridgehead atoms. The van der Waals surface area contributed by atoms with Gasteiger partial charge >= 0.3 is 0 Å². The number of morpholine rings is 1. The first kappa shape index (κ1) is 9.48. The van der Waals surface area contributed by atoms with Crippen molar-refractivity contribution in [1.29, 1.82) is 0 Å². The van der Waals surface area contributed by atoms with E-state index >= 15 is 0 Å². The number of ether oxygens (including phenoxy) is 1. The van der Waals surface area contributed by atoms with Crippen LogP contribution >= 0.6 is 0 Å². The van der Waals surface area contributed by atoms with Gasteiger partial charge in [-0.2, -0.15) is 0 Å². The number of rotatable bonds is 3. The van der Waals surface area contributed by atoms with Crippen LogP contribution in [0.1, 0.15) is 6.42 Å². The van der Waals surface area contributed by atoms with Gasteiger partial charge in [-0.3, -0.25) is 4.79 Å². The molecular weight excluding hydrogens is 156 g/mol. The van der Waals surface area contributed by atoms with E-state index in [0.29, 0.717) is 6.54 Å². The Labute approximate surface area is 72.9 Å². The predicted molar refractivity (Wildman–Crippen MR) is 45.9 cm³/mol. The minimum atomic E-state index is -0.00361. The van der Waals surface area contributed by atoms with Crippen molar-refractivity contribution in [2.45, 2.75) is 12.5 Å². The van der Waals surface area contributed by atoms with Gasteiger partial charge in [-0.05, 0) is 20.5 Å². The highest BCUT2D eigenvalue weighted by molar-refractivity contribution is 5.77. The third-order valence-corrected chi connectivity index (χ3v) is 1.88. The fourth-order valence-electron chi connectivity index (χ4n) is 1.12. The van der Waals surface area contributed by atoms with E-state index in [0.717, 1.165) is 13.0 Å². The number of nitrogens with one attached hydrogen (secondary N) is 1. The Kier molecular flexibility index (Phi) is 3.49. The molecular formula is C8H16N2O2. The Hall–Kier alpha value is -0.610. The lowest BCUT2D eigenvalue weighted by Crippen LogP contribution is -2.43. The molecule has 0 saturated carbocycles. The second-order valence-corrected chi connectivity index (χ2v) is 3.33. The summed E-state index contributed by atoms with van der Waals surface area (Å²) in [6, 6.07) is 0. The van der Waals surface area contributed by atoms with Gasteiger partial charge in [-0.25, -0.2) is 0 Å². The van der Waals surface area contributed by atoms with E-state index in [-0.39, 0.29) is 18.6 Å². The number of hydrogen-bond acceptors (Lipinski definition) is 3. The van der Waals surface area contributed by atoms with E-state index in [4.69, 9.17) is 4.74 Å². The molecule has 4 nitrogen and oxygen atoms in total. The van der Waals surface area contributed by atoms with Crippen LogP contribution in [0.4, 0.5) is 0 Å². The third-order valence-electron chi connectivity index (χ3n) is 1.88. The standard InChI is InChI=1S/C8H16N2O2/c1-10(2)4-3-7-5-9-8(11)6-12-7/h7H,3-6H2,1-2H3,(H,9,11). The van der Waals surface area contributed by atoms with E-state index < -0.39 is 0 Å². The third kappa shape index (κ3) is 3.19. The highest BCUT2D eigenvalue weighted by Crippen LogP contribution is 2.01. The molecule has 0 aromatic heterocycles. The quantitative estimate of drug-likeness (QED) is 0.621. The number of carbonyl (C=O) groups excluding carboxylic acids is 1. The van der Waals surface area contributed by atoms with E-state index in [1.54, 1.807) is 0 Å². The summed E-state index contributed by atoms with van der Waals surface area (Å²) in [5.74, 6) is -0.00361. The van der Waals surface area contributed by atoms with Crippen LogP contribution in [0.25, 0.3) is 0 Å². The Morgan fingerprint density at radius 1 is 1.67 bits per heavy atom. The fraction of sp³-hybridized carbons (Fsp3) is 0.875. The summed E-state index contributed by atoms with van der Waals surface area (Å²) in [7, 11) is 4.06. The summed E-state index contributed by atoms with van der Waals surface area (Å²) < 4.78 is 5.30. The van der Waals surface area contributed by atoms with Gasteiger partial charge < -0.3 is 15.0 Å². The van der Waals surface area contributed by atoms with Crippen molar-refractivity contribution in [2.24, 2.45) is 0 Å². The molecule has 0 spiro atoms. The number of carbonyl (C=O) groups is 1. The van der Waals surface area contributed by atoms with Crippen LogP contribution in [0.3, 0.4) is 0 Å². The molecule has 1 atom stereocenters. The summed E-state index contributed by atoms with van der Waals surface area (Å²) >= 11 is 0. The second kappa shape index (κ2) is 4.42. The maximum Gasteiger partial charge on any atom is 0.246 e. The molecule has 0 radical (unpaired) electrons. The molecule has 1 rings (SSSR count). The van der Waals surface area contributed by atoms with Crippen LogP contribution in [0.2, 0.25) is 0 Å². The molecule has 0 aliphatic carbocycles. The highest BCUT2D eigenvalue weighted by atomic mass is 16.5. The molecule has 0 aromatic carbocycles. The molecule has 4 heteroatoms. The summed E-state index contributed by atoms with van der Waals surface area (Å²) in [4.78, 5) is 12.8. The van der Waals surface area contributed by atoms with Gasteiger partial charge in [0.1, 0.15) is 6.61 Å². The zero-order valence-corrected chi connectivity index (χ0v) is 7.67. The molecule has 1 amide bonds. The molecule has 0 aromatic rings. The zero-order chi connectivity index (χ0) is 8.97. The maximum atomic E-state index is 10.7. The van der Waals surface area contributed by atoms with Gasteiger partial charge in [0, 0.05) is 13.1 Å². The number of nitrogens with zero attached hydrogens (tertiary/aromatic N) is 1. The molecule has 1 aliphatic rings. The van der Waals surface area contributed by atoms with Crippen molar-refractivity contribution in [1.82, 2.24) is 10.2 Å². The van der Waals surface area contributed by atoms with Crippen LogP contribution in [0.5, 0.6) is 0 Å². The molecule has 1 unspecified atom stereocenters. The highest BCUT2D eigenvalue weighted by Gasteiger charge is 2.17. The SMILES string of the molecule is CN(C)CCC1CNC(=O)CO1. The lowest BCUT2D eigenvalue weighted by atomic mass is 10.2. The lowest BCUT2D eigenvalue weighted by Gasteiger charge is -2.24. The first-order valence-electron chi connectivity index (χ1n) is 4.21. The Morgan fingerprint density at radius 3 is 2.92 bits per heavy atom. The molecule has 1 N–H and O–H groups in total. The molecule has 70 valence electrons. The normalized spacial score (nSPS) is 24.2. The molecule has 12 heavy (non-hydrogen) atoms. The topological polar surface area (TPSA) is 41.6 Å². The van der Waals surface area contributed by atoms with Crippen LogP contribution in [0, 0.1) is 0 Å². The number of hydrogen-bond donors (Lipinski definition) is 1. The van der Waals surface area contributed by atoms with Gasteiger partial charge in [-0.15, -0.1) is 0 Å². The van der Waals surface area contributed by atoms with Gasteiger partial charge in [0.15, 0.2) is 0 Å². The monoisotopic (exact) mass is 172 g/mol. The van der Waals surface area contributed by atoms with E-state index in [2.05, 4.69) is 10.2 Å². The van der Waals surface area contributed by atoms with Crippen LogP contribution in [-0.4, -0.2) is 50.7 Å². The molecule has 1 fully saturated rings. The van der Waals surface area contributed by atoms with E-state index in [1.807, 2.05) is 14.1 Å². The average molecular weight is 172 g/mol. The van der Waals surface area contributed by atoms with Gasteiger partial charge in [-0.1, -0.05) is 0 Å². The first-order valence-corrected chi connectivity index (χ1v) is 4.21. The summed E-state index contributed by atoms with van der Waals surface area (Å²) in [5.41, 5.74) is 0.